The highest BCUT2D eigenvalue weighted by Crippen LogP contribution is 2.23. The predicted octanol–water partition coefficient (Wildman–Crippen LogP) is 2.37. The Balaban J connectivity index is 1.91. The lowest BCUT2D eigenvalue weighted by atomic mass is 10.1. The Bertz CT molecular complexity index is 860. The summed E-state index contributed by atoms with van der Waals surface area (Å²) in [6.07, 6.45) is 0. The summed E-state index contributed by atoms with van der Waals surface area (Å²) in [6, 6.07) is 4.90. The van der Waals surface area contributed by atoms with Crippen molar-refractivity contribution >= 4 is 29.1 Å². The van der Waals surface area contributed by atoms with E-state index in [1.807, 2.05) is 19.9 Å². The van der Waals surface area contributed by atoms with Crippen LogP contribution in [0.4, 0.5) is 0 Å². The van der Waals surface area contributed by atoms with Crippen LogP contribution in [-0.4, -0.2) is 34.4 Å². The number of rotatable bonds is 6. The summed E-state index contributed by atoms with van der Waals surface area (Å²) in [4.78, 5) is 39.6. The van der Waals surface area contributed by atoms with Gasteiger partial charge in [-0.3, -0.25) is 9.59 Å². The molecule has 0 spiro atoms. The van der Waals surface area contributed by atoms with Crippen molar-refractivity contribution in [3.8, 4) is 0 Å². The van der Waals surface area contributed by atoms with Gasteiger partial charge in [0, 0.05) is 5.56 Å². The fraction of sp³-hybridized carbons (Fsp3) is 0.333. The van der Waals surface area contributed by atoms with Crippen molar-refractivity contribution in [3.05, 3.63) is 50.5 Å². The van der Waals surface area contributed by atoms with Crippen molar-refractivity contribution in [1.29, 1.82) is 0 Å². The highest BCUT2D eigenvalue weighted by atomic mass is 32.1. The molecule has 0 aliphatic rings. The maximum atomic E-state index is 12.1. The van der Waals surface area contributed by atoms with Gasteiger partial charge in [0.25, 0.3) is 5.91 Å². The smallest absolute Gasteiger partial charge is 0.347 e. The minimum Gasteiger partial charge on any atom is -0.477 e. The molecule has 0 bridgehead atoms. The number of hydrogen-bond acceptors (Lipinski definition) is 5. The second kappa shape index (κ2) is 8.09. The lowest BCUT2D eigenvalue weighted by molar-refractivity contribution is -0.120. The molecule has 26 heavy (non-hydrogen) atoms. The number of aromatic carboxylic acids is 1. The average Bonchev–Trinajstić information content (AvgIpc) is 2.97. The number of aromatic nitrogens is 1. The van der Waals surface area contributed by atoms with Gasteiger partial charge < -0.3 is 15.7 Å². The Morgan fingerprint density at radius 1 is 1.19 bits per heavy atom. The van der Waals surface area contributed by atoms with Gasteiger partial charge in [0.15, 0.2) is 0 Å². The van der Waals surface area contributed by atoms with Gasteiger partial charge >= 0.3 is 5.97 Å². The van der Waals surface area contributed by atoms with Crippen LogP contribution in [0.2, 0.25) is 0 Å². The fourth-order valence-electron chi connectivity index (χ4n) is 2.30. The van der Waals surface area contributed by atoms with Crippen molar-refractivity contribution in [2.45, 2.75) is 33.7 Å². The Labute approximate surface area is 155 Å². The van der Waals surface area contributed by atoms with Gasteiger partial charge in [-0.1, -0.05) is 6.07 Å². The number of nitrogens with zero attached hydrogens (tertiary/aromatic N) is 1. The van der Waals surface area contributed by atoms with Crippen LogP contribution in [0, 0.1) is 20.8 Å². The topological polar surface area (TPSA) is 108 Å². The molecular formula is C18H21N3O4S. The fourth-order valence-corrected chi connectivity index (χ4v) is 3.21. The molecule has 138 valence electrons. The number of carboxylic acid groups (broad SMARTS) is 1. The first kappa shape index (κ1) is 19.6. The first-order valence-electron chi connectivity index (χ1n) is 8.04. The molecule has 1 unspecified atom stereocenters. The van der Waals surface area contributed by atoms with E-state index in [4.69, 9.17) is 5.11 Å². The van der Waals surface area contributed by atoms with E-state index < -0.39 is 12.0 Å². The van der Waals surface area contributed by atoms with Crippen LogP contribution in [-0.2, 0) is 4.79 Å². The van der Waals surface area contributed by atoms with Crippen LogP contribution in [0.3, 0.4) is 0 Å². The number of carbonyl (C=O) groups is 3. The van der Waals surface area contributed by atoms with Crippen LogP contribution in [0.25, 0.3) is 0 Å². The van der Waals surface area contributed by atoms with Gasteiger partial charge in [0.1, 0.15) is 9.88 Å². The number of thiazole rings is 1. The van der Waals surface area contributed by atoms with Crippen molar-refractivity contribution in [2.24, 2.45) is 0 Å². The Hall–Kier alpha value is -2.74. The number of hydrogen-bond donors (Lipinski definition) is 3. The SMILES string of the molecule is Cc1ccc(C(=O)NCC(=O)NC(C)c2nc(C)c(C(=O)O)s2)cc1C. The summed E-state index contributed by atoms with van der Waals surface area (Å²) < 4.78 is 0. The van der Waals surface area contributed by atoms with E-state index in [9.17, 15) is 14.4 Å². The van der Waals surface area contributed by atoms with E-state index in [1.165, 1.54) is 0 Å². The molecule has 2 amide bonds. The normalized spacial score (nSPS) is 11.7. The number of amides is 2. The van der Waals surface area contributed by atoms with Gasteiger partial charge in [-0.05, 0) is 51.0 Å². The highest BCUT2D eigenvalue weighted by molar-refractivity contribution is 7.13. The molecule has 8 heteroatoms. The molecule has 1 aromatic heterocycles. The maximum Gasteiger partial charge on any atom is 0.347 e. The van der Waals surface area contributed by atoms with Crippen molar-refractivity contribution in [2.75, 3.05) is 6.54 Å². The molecule has 0 radical (unpaired) electrons. The number of benzene rings is 1. The number of carboxylic acids is 1. The minimum absolute atomic E-state index is 0.157. The third kappa shape index (κ3) is 4.66. The van der Waals surface area contributed by atoms with Crippen LogP contribution in [0.1, 0.15) is 54.8 Å². The van der Waals surface area contributed by atoms with Crippen molar-refractivity contribution in [3.63, 3.8) is 0 Å². The summed E-state index contributed by atoms with van der Waals surface area (Å²) in [5, 5.41) is 14.9. The Kier molecular flexibility index (Phi) is 6.10. The molecule has 1 heterocycles. The quantitative estimate of drug-likeness (QED) is 0.718. The molecule has 0 saturated carbocycles. The highest BCUT2D eigenvalue weighted by Gasteiger charge is 2.19. The zero-order valence-electron chi connectivity index (χ0n) is 15.0. The van der Waals surface area contributed by atoms with Gasteiger partial charge in [-0.2, -0.15) is 0 Å². The summed E-state index contributed by atoms with van der Waals surface area (Å²) in [5.74, 6) is -1.74. The summed E-state index contributed by atoms with van der Waals surface area (Å²) >= 11 is 1.03. The second-order valence-electron chi connectivity index (χ2n) is 6.04. The van der Waals surface area contributed by atoms with Crippen LogP contribution < -0.4 is 10.6 Å². The standard InChI is InChI=1S/C18H21N3O4S/c1-9-5-6-13(7-10(9)2)16(23)19-8-14(22)20-12(4)17-21-11(3)15(26-17)18(24)25/h5-7,12H,8H2,1-4H3,(H,19,23)(H,20,22)(H,24,25). The lowest BCUT2D eigenvalue weighted by Gasteiger charge is -2.12. The zero-order valence-corrected chi connectivity index (χ0v) is 15.9. The van der Waals surface area contributed by atoms with E-state index in [0.29, 0.717) is 16.3 Å². The lowest BCUT2D eigenvalue weighted by Crippen LogP contribution is -2.38. The van der Waals surface area contributed by atoms with E-state index >= 15 is 0 Å². The zero-order chi connectivity index (χ0) is 19.4. The number of carbonyl (C=O) groups excluding carboxylic acids is 2. The minimum atomic E-state index is -1.04. The average molecular weight is 375 g/mol. The van der Waals surface area contributed by atoms with E-state index in [1.54, 1.807) is 26.0 Å². The molecule has 7 nitrogen and oxygen atoms in total. The molecule has 1 aromatic carbocycles. The van der Waals surface area contributed by atoms with Crippen LogP contribution in [0.15, 0.2) is 18.2 Å². The molecule has 1 atom stereocenters. The number of nitrogens with one attached hydrogen (secondary N) is 2. The van der Waals surface area contributed by atoms with E-state index in [-0.39, 0.29) is 23.2 Å². The molecule has 0 saturated heterocycles. The van der Waals surface area contributed by atoms with Gasteiger partial charge in [0.05, 0.1) is 18.3 Å². The molecule has 0 fully saturated rings. The molecule has 0 aliphatic carbocycles. The second-order valence-corrected chi connectivity index (χ2v) is 7.07. The summed E-state index contributed by atoms with van der Waals surface area (Å²) in [5.41, 5.74) is 3.01. The van der Waals surface area contributed by atoms with Crippen molar-refractivity contribution in [1.82, 2.24) is 15.6 Å². The van der Waals surface area contributed by atoms with Crippen LogP contribution >= 0.6 is 11.3 Å². The molecule has 2 aromatic rings. The van der Waals surface area contributed by atoms with E-state index in [2.05, 4.69) is 15.6 Å². The monoisotopic (exact) mass is 375 g/mol. The van der Waals surface area contributed by atoms with Crippen molar-refractivity contribution < 1.29 is 19.5 Å². The molecular weight excluding hydrogens is 354 g/mol. The third-order valence-corrected chi connectivity index (χ3v) is 5.26. The first-order chi connectivity index (χ1) is 12.2. The largest absolute Gasteiger partial charge is 0.477 e. The Morgan fingerprint density at radius 3 is 2.46 bits per heavy atom. The molecule has 3 N–H and O–H groups in total. The summed E-state index contributed by atoms with van der Waals surface area (Å²) in [7, 11) is 0. The van der Waals surface area contributed by atoms with Crippen LogP contribution in [0.5, 0.6) is 0 Å². The molecule has 2 rings (SSSR count). The Morgan fingerprint density at radius 2 is 1.88 bits per heavy atom. The molecule has 0 aliphatic heterocycles. The van der Waals surface area contributed by atoms with Gasteiger partial charge in [-0.15, -0.1) is 11.3 Å². The van der Waals surface area contributed by atoms with E-state index in [0.717, 1.165) is 22.5 Å². The maximum absolute atomic E-state index is 12.1. The third-order valence-electron chi connectivity index (χ3n) is 3.93. The van der Waals surface area contributed by atoms with Gasteiger partial charge in [-0.25, -0.2) is 9.78 Å². The number of aryl methyl sites for hydroxylation is 3. The predicted molar refractivity (Wildman–Crippen MR) is 98.6 cm³/mol. The van der Waals surface area contributed by atoms with Gasteiger partial charge in [0.2, 0.25) is 5.91 Å². The summed E-state index contributed by atoms with van der Waals surface area (Å²) in [6.45, 7) is 7.03. The first-order valence-corrected chi connectivity index (χ1v) is 8.86.